The Hall–Kier alpha value is -1.59. The summed E-state index contributed by atoms with van der Waals surface area (Å²) >= 11 is 0. The van der Waals surface area contributed by atoms with Gasteiger partial charge in [0, 0.05) is 11.8 Å². The maximum atomic E-state index is 12.6. The number of carbonyl (C=O) groups is 1. The number of aliphatic carboxylic acids is 1. The molecule has 64 valence electrons. The number of carboxylic acid groups (broad SMARTS) is 1. The van der Waals surface area contributed by atoms with Gasteiger partial charge >= 0.3 is 12.0 Å². The summed E-state index contributed by atoms with van der Waals surface area (Å²) in [4.78, 5) is 15.8. The topological polar surface area (TPSA) is 63.1 Å². The highest BCUT2D eigenvalue weighted by Gasteiger charge is 2.09. The molecule has 6 heteroatoms. The summed E-state index contributed by atoms with van der Waals surface area (Å²) in [6.07, 6.45) is -0.945. The van der Waals surface area contributed by atoms with Gasteiger partial charge in [-0.3, -0.25) is 4.79 Å². The summed E-state index contributed by atoms with van der Waals surface area (Å²) in [7, 11) is 0. The molecule has 0 aliphatic carbocycles. The lowest BCUT2D eigenvalue weighted by molar-refractivity contribution is -0.136. The molecule has 0 bridgehead atoms. The van der Waals surface area contributed by atoms with Crippen molar-refractivity contribution in [2.45, 2.75) is 6.42 Å². The molecule has 1 aromatic heterocycles. The van der Waals surface area contributed by atoms with Gasteiger partial charge in [-0.2, -0.15) is 13.8 Å². The van der Waals surface area contributed by atoms with Crippen molar-refractivity contribution < 1.29 is 18.7 Å². The van der Waals surface area contributed by atoms with Crippen molar-refractivity contribution in [2.75, 3.05) is 0 Å². The first-order chi connectivity index (χ1) is 5.59. The van der Waals surface area contributed by atoms with Crippen LogP contribution in [-0.2, 0) is 11.2 Å². The van der Waals surface area contributed by atoms with Crippen LogP contribution in [0.4, 0.5) is 8.78 Å². The summed E-state index contributed by atoms with van der Waals surface area (Å²) in [5.74, 6) is -2.35. The van der Waals surface area contributed by atoms with Crippen molar-refractivity contribution in [3.05, 3.63) is 23.8 Å². The highest BCUT2D eigenvalue weighted by molar-refractivity contribution is 5.69. The van der Waals surface area contributed by atoms with Crippen molar-refractivity contribution in [1.82, 2.24) is 9.97 Å². The zero-order chi connectivity index (χ0) is 9.14. The second-order valence-electron chi connectivity index (χ2n) is 2.03. The maximum Gasteiger partial charge on any atom is 0.311 e. The van der Waals surface area contributed by atoms with Crippen LogP contribution in [-0.4, -0.2) is 21.0 Å². The molecule has 1 rings (SSSR count). The monoisotopic (exact) mass is 174 g/mol. The summed E-state index contributed by atoms with van der Waals surface area (Å²) in [6, 6.07) is 0. The summed E-state index contributed by atoms with van der Waals surface area (Å²) in [6.45, 7) is 0. The molecule has 1 aromatic rings. The number of carboxylic acids is 1. The predicted octanol–water partition coefficient (Wildman–Crippen LogP) is 0.382. The van der Waals surface area contributed by atoms with Crippen molar-refractivity contribution >= 4 is 5.97 Å². The van der Waals surface area contributed by atoms with Gasteiger partial charge in [-0.15, -0.1) is 0 Å². The minimum absolute atomic E-state index is 0.232. The van der Waals surface area contributed by atoms with Gasteiger partial charge in [0.25, 0.3) is 0 Å². The highest BCUT2D eigenvalue weighted by Crippen LogP contribution is 2.03. The van der Waals surface area contributed by atoms with Crippen molar-refractivity contribution in [2.24, 2.45) is 0 Å². The van der Waals surface area contributed by atoms with E-state index in [-0.39, 0.29) is 5.56 Å². The van der Waals surface area contributed by atoms with E-state index in [4.69, 9.17) is 5.11 Å². The number of hydrogen-bond donors (Lipinski definition) is 1. The Morgan fingerprint density at radius 3 is 2.75 bits per heavy atom. The molecule has 0 amide bonds. The first-order valence-electron chi connectivity index (χ1n) is 2.98. The van der Waals surface area contributed by atoms with Crippen LogP contribution in [0.25, 0.3) is 0 Å². The van der Waals surface area contributed by atoms with Crippen LogP contribution in [0.5, 0.6) is 0 Å². The summed E-state index contributed by atoms with van der Waals surface area (Å²) in [5, 5.41) is 8.24. The average molecular weight is 174 g/mol. The minimum atomic E-state index is -1.22. The molecule has 0 aromatic carbocycles. The molecule has 0 spiro atoms. The molecular weight excluding hydrogens is 170 g/mol. The zero-order valence-corrected chi connectivity index (χ0v) is 5.79. The largest absolute Gasteiger partial charge is 0.481 e. The molecule has 0 atom stereocenters. The fourth-order valence-electron chi connectivity index (χ4n) is 0.648. The molecule has 0 saturated heterocycles. The Kier molecular flexibility index (Phi) is 2.27. The third-order valence-electron chi connectivity index (χ3n) is 1.12. The molecule has 0 radical (unpaired) electrons. The molecular formula is C6H4F2N2O2. The van der Waals surface area contributed by atoms with Gasteiger partial charge in [-0.25, -0.2) is 4.98 Å². The third-order valence-corrected chi connectivity index (χ3v) is 1.12. The Balaban J connectivity index is 2.93. The average Bonchev–Trinajstić information content (AvgIpc) is 1.94. The van der Waals surface area contributed by atoms with E-state index in [2.05, 4.69) is 9.97 Å². The number of rotatable bonds is 2. The van der Waals surface area contributed by atoms with Gasteiger partial charge in [0.1, 0.15) is 0 Å². The molecule has 1 heterocycles. The van der Waals surface area contributed by atoms with Gasteiger partial charge < -0.3 is 5.11 Å². The van der Waals surface area contributed by atoms with Crippen molar-refractivity contribution in [3.63, 3.8) is 0 Å². The van der Waals surface area contributed by atoms with E-state index in [9.17, 15) is 13.6 Å². The lowest BCUT2D eigenvalue weighted by Gasteiger charge is -1.96. The number of nitrogens with zero attached hydrogens (tertiary/aromatic N) is 2. The zero-order valence-electron chi connectivity index (χ0n) is 5.79. The lowest BCUT2D eigenvalue weighted by Crippen LogP contribution is -2.06. The number of halogens is 2. The Morgan fingerprint density at radius 2 is 2.25 bits per heavy atom. The fourth-order valence-corrected chi connectivity index (χ4v) is 0.648. The van der Waals surface area contributed by atoms with Gasteiger partial charge in [-0.1, -0.05) is 0 Å². The number of aromatic nitrogens is 2. The fraction of sp³-hybridized carbons (Fsp3) is 0.167. The van der Waals surface area contributed by atoms with E-state index in [1.54, 1.807) is 0 Å². The molecule has 0 aliphatic heterocycles. The first kappa shape index (κ1) is 8.51. The molecule has 0 aliphatic rings. The summed E-state index contributed by atoms with van der Waals surface area (Å²) in [5.41, 5.74) is -0.232. The number of hydrogen-bond acceptors (Lipinski definition) is 3. The second-order valence-corrected chi connectivity index (χ2v) is 2.03. The van der Waals surface area contributed by atoms with Crippen LogP contribution in [0, 0.1) is 12.0 Å². The van der Waals surface area contributed by atoms with Crippen LogP contribution in [0.3, 0.4) is 0 Å². The van der Waals surface area contributed by atoms with E-state index >= 15 is 0 Å². The van der Waals surface area contributed by atoms with Crippen LogP contribution in [0.15, 0.2) is 6.20 Å². The molecule has 0 saturated carbocycles. The van der Waals surface area contributed by atoms with Crippen molar-refractivity contribution in [1.29, 1.82) is 0 Å². The normalized spacial score (nSPS) is 9.83. The van der Waals surface area contributed by atoms with E-state index in [1.165, 1.54) is 0 Å². The highest BCUT2D eigenvalue weighted by atomic mass is 19.1. The van der Waals surface area contributed by atoms with E-state index in [0.717, 1.165) is 6.20 Å². The van der Waals surface area contributed by atoms with E-state index < -0.39 is 24.4 Å². The van der Waals surface area contributed by atoms with Crippen LogP contribution < -0.4 is 0 Å². The Morgan fingerprint density at radius 1 is 1.58 bits per heavy atom. The van der Waals surface area contributed by atoms with Crippen LogP contribution >= 0.6 is 0 Å². The second kappa shape index (κ2) is 3.21. The van der Waals surface area contributed by atoms with Gasteiger partial charge in [0.15, 0.2) is 0 Å². The van der Waals surface area contributed by atoms with E-state index in [0.29, 0.717) is 0 Å². The molecule has 12 heavy (non-hydrogen) atoms. The third kappa shape index (κ3) is 1.94. The van der Waals surface area contributed by atoms with Gasteiger partial charge in [0.05, 0.1) is 6.42 Å². The lowest BCUT2D eigenvalue weighted by atomic mass is 10.2. The standard InChI is InChI=1S/C6H4F2N2O2/c7-5-3(1-4(11)12)2-9-6(8)10-5/h2H,1H2,(H,11,12). The van der Waals surface area contributed by atoms with E-state index in [1.807, 2.05) is 0 Å². The quantitative estimate of drug-likeness (QED) is 0.520. The molecule has 4 nitrogen and oxygen atoms in total. The summed E-state index contributed by atoms with van der Waals surface area (Å²) < 4.78 is 24.6. The van der Waals surface area contributed by atoms with Crippen LogP contribution in [0.2, 0.25) is 0 Å². The van der Waals surface area contributed by atoms with Crippen LogP contribution in [0.1, 0.15) is 5.56 Å². The SMILES string of the molecule is O=C(O)Cc1cnc(F)nc1F. The molecule has 0 unspecified atom stereocenters. The smallest absolute Gasteiger partial charge is 0.311 e. The minimum Gasteiger partial charge on any atom is -0.481 e. The predicted molar refractivity (Wildman–Crippen MR) is 33.3 cm³/mol. The first-order valence-corrected chi connectivity index (χ1v) is 2.98. The van der Waals surface area contributed by atoms with Gasteiger partial charge in [-0.05, 0) is 0 Å². The molecule has 1 N–H and O–H groups in total. The Bertz CT molecular complexity index is 316. The molecule has 0 fully saturated rings. The maximum absolute atomic E-state index is 12.6. The van der Waals surface area contributed by atoms with Crippen molar-refractivity contribution in [3.8, 4) is 0 Å². The Labute approximate surface area is 65.9 Å². The van der Waals surface area contributed by atoms with Gasteiger partial charge in [0.2, 0.25) is 5.95 Å².